The van der Waals surface area contributed by atoms with Crippen LogP contribution in [0.5, 0.6) is 5.75 Å². The highest BCUT2D eigenvalue weighted by Crippen LogP contribution is 2.42. The minimum absolute atomic E-state index is 0.0254. The van der Waals surface area contributed by atoms with E-state index in [1.54, 1.807) is 7.11 Å². The summed E-state index contributed by atoms with van der Waals surface area (Å²) in [5.74, 6) is -0.743. The third-order valence-electron chi connectivity index (χ3n) is 6.56. The van der Waals surface area contributed by atoms with Crippen molar-refractivity contribution in [1.29, 1.82) is 0 Å². The van der Waals surface area contributed by atoms with E-state index in [0.717, 1.165) is 24.9 Å². The van der Waals surface area contributed by atoms with E-state index in [1.807, 2.05) is 18.2 Å². The molecule has 2 aliphatic heterocycles. The molecule has 0 bridgehead atoms. The van der Waals surface area contributed by atoms with Gasteiger partial charge in [0.05, 0.1) is 33.1 Å². The first-order chi connectivity index (χ1) is 14.9. The number of hydrogen-bond acceptors (Lipinski definition) is 8. The van der Waals surface area contributed by atoms with Gasteiger partial charge in [-0.15, -0.1) is 0 Å². The SMILES string of the molecule is COC(=O)/C=C(/Nc1ccc(N2CCC3(CCN(C)CC3)CC2)cc1OC)C(=O)OC. The first-order valence-electron chi connectivity index (χ1n) is 10.7. The second kappa shape index (κ2) is 10.0. The van der Waals surface area contributed by atoms with Gasteiger partial charge in [-0.25, -0.2) is 9.59 Å². The Labute approximate surface area is 184 Å². The Morgan fingerprint density at radius 3 is 2.23 bits per heavy atom. The molecule has 0 aromatic heterocycles. The molecule has 1 spiro atoms. The molecule has 1 aromatic rings. The molecule has 2 aliphatic rings. The molecule has 31 heavy (non-hydrogen) atoms. The third kappa shape index (κ3) is 5.50. The fourth-order valence-electron chi connectivity index (χ4n) is 4.39. The molecule has 0 aliphatic carbocycles. The van der Waals surface area contributed by atoms with Gasteiger partial charge < -0.3 is 29.3 Å². The predicted octanol–water partition coefficient (Wildman–Crippen LogP) is 2.65. The number of rotatable bonds is 6. The topological polar surface area (TPSA) is 80.3 Å². The molecule has 0 atom stereocenters. The summed E-state index contributed by atoms with van der Waals surface area (Å²) in [4.78, 5) is 28.5. The lowest BCUT2D eigenvalue weighted by atomic mass is 9.71. The number of nitrogens with one attached hydrogen (secondary N) is 1. The van der Waals surface area contributed by atoms with Crippen LogP contribution in [-0.4, -0.2) is 71.4 Å². The Balaban J connectivity index is 1.72. The Kier molecular flexibility index (Phi) is 7.43. The predicted molar refractivity (Wildman–Crippen MR) is 119 cm³/mol. The van der Waals surface area contributed by atoms with E-state index in [-0.39, 0.29) is 5.70 Å². The highest BCUT2D eigenvalue weighted by atomic mass is 16.5. The van der Waals surface area contributed by atoms with Crippen molar-refractivity contribution >= 4 is 23.3 Å². The Bertz CT molecular complexity index is 821. The van der Waals surface area contributed by atoms with Crippen LogP contribution in [0.2, 0.25) is 0 Å². The first-order valence-corrected chi connectivity index (χ1v) is 10.7. The van der Waals surface area contributed by atoms with Gasteiger partial charge in [0.25, 0.3) is 0 Å². The molecule has 170 valence electrons. The van der Waals surface area contributed by atoms with Crippen LogP contribution < -0.4 is 15.0 Å². The molecule has 0 unspecified atom stereocenters. The van der Waals surface area contributed by atoms with Crippen molar-refractivity contribution in [2.24, 2.45) is 5.41 Å². The Morgan fingerprint density at radius 2 is 1.65 bits per heavy atom. The molecular weight excluding hydrogens is 398 g/mol. The second-order valence-corrected chi connectivity index (χ2v) is 8.37. The summed E-state index contributed by atoms with van der Waals surface area (Å²) in [6, 6.07) is 5.81. The summed E-state index contributed by atoms with van der Waals surface area (Å²) in [5, 5.41) is 2.93. The van der Waals surface area contributed by atoms with Crippen molar-refractivity contribution < 1.29 is 23.8 Å². The maximum atomic E-state index is 12.0. The number of esters is 2. The van der Waals surface area contributed by atoms with E-state index in [9.17, 15) is 9.59 Å². The van der Waals surface area contributed by atoms with E-state index in [1.165, 1.54) is 53.0 Å². The molecule has 0 saturated carbocycles. The van der Waals surface area contributed by atoms with Crippen molar-refractivity contribution in [2.45, 2.75) is 25.7 Å². The number of nitrogens with zero attached hydrogens (tertiary/aromatic N) is 2. The molecule has 0 amide bonds. The lowest BCUT2D eigenvalue weighted by Crippen LogP contribution is -2.46. The van der Waals surface area contributed by atoms with Crippen LogP contribution >= 0.6 is 0 Å². The maximum Gasteiger partial charge on any atom is 0.354 e. The smallest absolute Gasteiger partial charge is 0.354 e. The van der Waals surface area contributed by atoms with Crippen molar-refractivity contribution in [1.82, 2.24) is 4.90 Å². The number of ether oxygens (including phenoxy) is 3. The van der Waals surface area contributed by atoms with Gasteiger partial charge in [-0.3, -0.25) is 0 Å². The number of piperidine rings is 2. The second-order valence-electron chi connectivity index (χ2n) is 8.37. The standard InChI is InChI=1S/C23H33N3O5/c1-25-11-7-23(8-12-25)9-13-26(14-10-23)17-5-6-18(20(15-17)29-2)24-19(22(28)31-4)16-21(27)30-3/h5-6,15-16,24H,7-14H2,1-4H3/b19-16+. The zero-order valence-electron chi connectivity index (χ0n) is 18.9. The van der Waals surface area contributed by atoms with Gasteiger partial charge in [-0.1, -0.05) is 0 Å². The molecular formula is C23H33N3O5. The van der Waals surface area contributed by atoms with Gasteiger partial charge in [-0.2, -0.15) is 0 Å². The van der Waals surface area contributed by atoms with Crippen molar-refractivity contribution in [3.63, 3.8) is 0 Å². The van der Waals surface area contributed by atoms with Crippen LogP contribution in [0.25, 0.3) is 0 Å². The van der Waals surface area contributed by atoms with Gasteiger partial charge in [0.1, 0.15) is 11.4 Å². The molecule has 3 rings (SSSR count). The van der Waals surface area contributed by atoms with Crippen LogP contribution in [0, 0.1) is 5.41 Å². The number of hydrogen-bond donors (Lipinski definition) is 1. The van der Waals surface area contributed by atoms with Gasteiger partial charge >= 0.3 is 11.9 Å². The van der Waals surface area contributed by atoms with Crippen molar-refractivity contribution in [3.05, 3.63) is 30.0 Å². The average Bonchev–Trinajstić information content (AvgIpc) is 2.80. The Hall–Kier alpha value is -2.74. The lowest BCUT2D eigenvalue weighted by molar-refractivity contribution is -0.138. The van der Waals surface area contributed by atoms with Crippen LogP contribution in [0.3, 0.4) is 0 Å². The van der Waals surface area contributed by atoms with Crippen LogP contribution in [0.4, 0.5) is 11.4 Å². The van der Waals surface area contributed by atoms with E-state index >= 15 is 0 Å². The van der Waals surface area contributed by atoms with Crippen LogP contribution in [0.15, 0.2) is 30.0 Å². The average molecular weight is 432 g/mol. The number of benzene rings is 1. The molecule has 1 N–H and O–H groups in total. The highest BCUT2D eigenvalue weighted by Gasteiger charge is 2.36. The zero-order valence-corrected chi connectivity index (χ0v) is 18.9. The fraction of sp³-hybridized carbons (Fsp3) is 0.565. The number of methoxy groups -OCH3 is 3. The van der Waals surface area contributed by atoms with Crippen molar-refractivity contribution in [2.75, 3.05) is 64.8 Å². The van der Waals surface area contributed by atoms with E-state index in [4.69, 9.17) is 9.47 Å². The number of anilines is 2. The summed E-state index contributed by atoms with van der Waals surface area (Å²) >= 11 is 0. The first kappa shape index (κ1) is 22.9. The fourth-order valence-corrected chi connectivity index (χ4v) is 4.39. The summed E-state index contributed by atoms with van der Waals surface area (Å²) in [6.45, 7) is 4.43. The van der Waals surface area contributed by atoms with Crippen LogP contribution in [0.1, 0.15) is 25.7 Å². The summed E-state index contributed by atoms with van der Waals surface area (Å²) in [5.41, 5.74) is 2.11. The van der Waals surface area contributed by atoms with E-state index < -0.39 is 11.9 Å². The molecule has 2 fully saturated rings. The van der Waals surface area contributed by atoms with Crippen molar-refractivity contribution in [3.8, 4) is 5.75 Å². The molecule has 2 saturated heterocycles. The largest absolute Gasteiger partial charge is 0.494 e. The quantitative estimate of drug-likeness (QED) is 0.544. The van der Waals surface area contributed by atoms with E-state index in [2.05, 4.69) is 26.9 Å². The minimum Gasteiger partial charge on any atom is -0.494 e. The normalized spacial score (nSPS) is 19.1. The number of carbonyl (C=O) groups is 2. The van der Waals surface area contributed by atoms with Gasteiger partial charge in [0.15, 0.2) is 0 Å². The Morgan fingerprint density at radius 1 is 1.00 bits per heavy atom. The monoisotopic (exact) mass is 431 g/mol. The number of likely N-dealkylation sites (tertiary alicyclic amines) is 1. The summed E-state index contributed by atoms with van der Waals surface area (Å²) in [6.07, 6.45) is 6.04. The summed E-state index contributed by atoms with van der Waals surface area (Å²) in [7, 11) is 6.28. The molecule has 8 heteroatoms. The van der Waals surface area contributed by atoms with Gasteiger partial charge in [0.2, 0.25) is 0 Å². The third-order valence-corrected chi connectivity index (χ3v) is 6.56. The summed E-state index contributed by atoms with van der Waals surface area (Å²) < 4.78 is 14.9. The lowest BCUT2D eigenvalue weighted by Gasteiger charge is -2.47. The molecule has 8 nitrogen and oxygen atoms in total. The van der Waals surface area contributed by atoms with Crippen LogP contribution in [-0.2, 0) is 19.1 Å². The molecule has 1 aromatic carbocycles. The zero-order chi connectivity index (χ0) is 22.4. The molecule has 0 radical (unpaired) electrons. The van der Waals surface area contributed by atoms with E-state index in [0.29, 0.717) is 16.9 Å². The minimum atomic E-state index is -0.670. The van der Waals surface area contributed by atoms with Gasteiger partial charge in [0, 0.05) is 24.8 Å². The van der Waals surface area contributed by atoms with Gasteiger partial charge in [-0.05, 0) is 63.4 Å². The maximum absolute atomic E-state index is 12.0. The molecule has 2 heterocycles. The number of carbonyl (C=O) groups excluding carboxylic acids is 2. The highest BCUT2D eigenvalue weighted by molar-refractivity contribution is 5.99.